The van der Waals surface area contributed by atoms with Crippen LogP contribution in [-0.4, -0.2) is 32.6 Å². The van der Waals surface area contributed by atoms with Gasteiger partial charge in [0.25, 0.3) is 0 Å². The number of carbonyl (C=O) groups is 1. The minimum absolute atomic E-state index is 0.0368. The molecular formula is C12H14F3NO4. The number of nitrogens with two attached hydrogens (primary N) is 1. The molecule has 0 heterocycles. The fraction of sp³-hybridized carbons (Fsp3) is 0.417. The van der Waals surface area contributed by atoms with Crippen molar-refractivity contribution in [3.63, 3.8) is 0 Å². The third kappa shape index (κ3) is 4.61. The monoisotopic (exact) mass is 293 g/mol. The number of benzene rings is 1. The first-order chi connectivity index (χ1) is 9.26. The Morgan fingerprint density at radius 1 is 1.35 bits per heavy atom. The van der Waals surface area contributed by atoms with Crippen molar-refractivity contribution in [2.24, 2.45) is 5.73 Å². The van der Waals surface area contributed by atoms with E-state index in [1.165, 1.54) is 20.3 Å². The number of methoxy groups -OCH3 is 2. The first kappa shape index (κ1) is 16.1. The summed E-state index contributed by atoms with van der Waals surface area (Å²) in [6.07, 6.45) is -4.83. The molecule has 1 rings (SSSR count). The molecule has 1 unspecified atom stereocenters. The van der Waals surface area contributed by atoms with Gasteiger partial charge in [0.15, 0.2) is 0 Å². The Bertz CT molecular complexity index is 476. The Balaban J connectivity index is 2.97. The summed E-state index contributed by atoms with van der Waals surface area (Å²) in [5.74, 6) is -0.779. The molecule has 0 aliphatic heterocycles. The molecule has 1 atom stereocenters. The number of ether oxygens (including phenoxy) is 3. The number of hydrogen-bond donors (Lipinski definition) is 1. The van der Waals surface area contributed by atoms with Crippen molar-refractivity contribution >= 4 is 5.97 Å². The van der Waals surface area contributed by atoms with Crippen molar-refractivity contribution in [3.8, 4) is 11.5 Å². The van der Waals surface area contributed by atoms with Crippen molar-refractivity contribution in [2.75, 3.05) is 14.2 Å². The third-order valence-electron chi connectivity index (χ3n) is 2.43. The van der Waals surface area contributed by atoms with Crippen molar-refractivity contribution in [1.82, 2.24) is 0 Å². The second-order valence-corrected chi connectivity index (χ2v) is 3.86. The Morgan fingerprint density at radius 2 is 2.00 bits per heavy atom. The number of rotatable bonds is 5. The Kier molecular flexibility index (Phi) is 5.20. The van der Waals surface area contributed by atoms with Crippen LogP contribution >= 0.6 is 0 Å². The van der Waals surface area contributed by atoms with E-state index in [0.717, 1.165) is 12.1 Å². The van der Waals surface area contributed by atoms with E-state index in [4.69, 9.17) is 10.5 Å². The highest BCUT2D eigenvalue weighted by molar-refractivity contribution is 5.75. The van der Waals surface area contributed by atoms with Crippen molar-refractivity contribution in [3.05, 3.63) is 23.8 Å². The lowest BCUT2D eigenvalue weighted by molar-refractivity contribution is -0.274. The zero-order valence-corrected chi connectivity index (χ0v) is 10.9. The highest BCUT2D eigenvalue weighted by Gasteiger charge is 2.31. The van der Waals surface area contributed by atoms with Crippen molar-refractivity contribution in [2.45, 2.75) is 18.8 Å². The number of esters is 1. The summed E-state index contributed by atoms with van der Waals surface area (Å²) in [7, 11) is 2.52. The zero-order chi connectivity index (χ0) is 15.3. The fourth-order valence-electron chi connectivity index (χ4n) is 1.58. The lowest BCUT2D eigenvalue weighted by Gasteiger charge is -2.15. The summed E-state index contributed by atoms with van der Waals surface area (Å²) in [5.41, 5.74) is 5.88. The fourth-order valence-corrected chi connectivity index (χ4v) is 1.58. The molecule has 0 aromatic heterocycles. The summed E-state index contributed by atoms with van der Waals surface area (Å²) in [6, 6.07) is 2.53. The lowest BCUT2D eigenvalue weighted by Crippen LogP contribution is -2.33. The van der Waals surface area contributed by atoms with Crippen LogP contribution < -0.4 is 15.2 Å². The molecule has 0 spiro atoms. The van der Waals surface area contributed by atoms with Gasteiger partial charge >= 0.3 is 12.3 Å². The van der Waals surface area contributed by atoms with E-state index in [2.05, 4.69) is 9.47 Å². The molecule has 0 saturated heterocycles. The van der Waals surface area contributed by atoms with Crippen molar-refractivity contribution in [1.29, 1.82) is 0 Å². The molecule has 2 N–H and O–H groups in total. The van der Waals surface area contributed by atoms with E-state index in [-0.39, 0.29) is 6.42 Å². The summed E-state index contributed by atoms with van der Waals surface area (Å²) < 4.78 is 49.7. The Labute approximate surface area is 113 Å². The second kappa shape index (κ2) is 6.47. The maximum atomic E-state index is 12.1. The van der Waals surface area contributed by atoms with Gasteiger partial charge in [-0.1, -0.05) is 0 Å². The van der Waals surface area contributed by atoms with Crippen LogP contribution in [0.5, 0.6) is 11.5 Å². The Hall–Kier alpha value is -1.96. The Morgan fingerprint density at radius 3 is 2.50 bits per heavy atom. The lowest BCUT2D eigenvalue weighted by atomic mass is 10.1. The molecule has 1 aromatic rings. The molecular weight excluding hydrogens is 279 g/mol. The topological polar surface area (TPSA) is 70.8 Å². The van der Waals surface area contributed by atoms with Gasteiger partial charge in [0.2, 0.25) is 0 Å². The highest BCUT2D eigenvalue weighted by atomic mass is 19.4. The minimum atomic E-state index is -4.80. The van der Waals surface area contributed by atoms with Gasteiger partial charge in [-0.2, -0.15) is 0 Å². The van der Waals surface area contributed by atoms with E-state index in [1.807, 2.05) is 0 Å². The maximum Gasteiger partial charge on any atom is 0.573 e. The van der Waals surface area contributed by atoms with E-state index in [9.17, 15) is 18.0 Å². The molecule has 0 radical (unpaired) electrons. The standard InChI is InChI=1S/C12H14F3NO4/c1-18-10-4-3-8(20-12(13,14)15)5-7(10)6-9(16)11(17)19-2/h3-5,9H,6,16H2,1-2H3. The summed E-state index contributed by atoms with van der Waals surface area (Å²) in [4.78, 5) is 11.2. The molecule has 20 heavy (non-hydrogen) atoms. The van der Waals surface area contributed by atoms with Gasteiger partial charge in [-0.3, -0.25) is 4.79 Å². The molecule has 1 aromatic carbocycles. The molecule has 0 amide bonds. The van der Waals surface area contributed by atoms with Gasteiger partial charge < -0.3 is 19.9 Å². The van der Waals surface area contributed by atoms with Crippen LogP contribution in [0, 0.1) is 0 Å². The van der Waals surface area contributed by atoms with Crippen LogP contribution in [0.1, 0.15) is 5.56 Å². The van der Waals surface area contributed by atoms with Gasteiger partial charge in [0.05, 0.1) is 14.2 Å². The molecule has 0 fully saturated rings. The van der Waals surface area contributed by atoms with E-state index in [1.54, 1.807) is 0 Å². The predicted molar refractivity (Wildman–Crippen MR) is 63.4 cm³/mol. The van der Waals surface area contributed by atoms with E-state index >= 15 is 0 Å². The zero-order valence-electron chi connectivity index (χ0n) is 10.9. The van der Waals surface area contributed by atoms with Gasteiger partial charge in [-0.05, 0) is 23.8 Å². The van der Waals surface area contributed by atoms with Crippen LogP contribution in [0.4, 0.5) is 13.2 Å². The normalized spacial score (nSPS) is 12.7. The third-order valence-corrected chi connectivity index (χ3v) is 2.43. The molecule has 8 heteroatoms. The SMILES string of the molecule is COC(=O)C(N)Cc1cc(OC(F)(F)F)ccc1OC. The second-order valence-electron chi connectivity index (χ2n) is 3.86. The predicted octanol–water partition coefficient (Wildman–Crippen LogP) is 1.64. The molecule has 112 valence electrons. The van der Waals surface area contributed by atoms with E-state index < -0.39 is 24.1 Å². The molecule has 5 nitrogen and oxygen atoms in total. The van der Waals surface area contributed by atoms with Crippen LogP contribution in [0.15, 0.2) is 18.2 Å². The van der Waals surface area contributed by atoms with E-state index in [0.29, 0.717) is 11.3 Å². The average molecular weight is 293 g/mol. The largest absolute Gasteiger partial charge is 0.573 e. The molecule has 0 aliphatic rings. The maximum absolute atomic E-state index is 12.1. The van der Waals surface area contributed by atoms with Gasteiger partial charge in [-0.25, -0.2) is 0 Å². The first-order valence-electron chi connectivity index (χ1n) is 5.53. The summed E-state index contributed by atoms with van der Waals surface area (Å²) in [5, 5.41) is 0. The van der Waals surface area contributed by atoms with Crippen molar-refractivity contribution < 1.29 is 32.2 Å². The quantitative estimate of drug-likeness (QED) is 0.836. The molecule has 0 saturated carbocycles. The molecule has 0 bridgehead atoms. The van der Waals surface area contributed by atoms with Crippen LogP contribution in [0.3, 0.4) is 0 Å². The average Bonchev–Trinajstić information content (AvgIpc) is 2.36. The van der Waals surface area contributed by atoms with Gasteiger partial charge in [0, 0.05) is 6.42 Å². The number of hydrogen-bond acceptors (Lipinski definition) is 5. The number of halogens is 3. The first-order valence-corrected chi connectivity index (χ1v) is 5.53. The van der Waals surface area contributed by atoms with Crippen LogP contribution in [-0.2, 0) is 16.0 Å². The minimum Gasteiger partial charge on any atom is -0.496 e. The number of carbonyl (C=O) groups excluding carboxylic acids is 1. The molecule has 0 aliphatic carbocycles. The van der Waals surface area contributed by atoms with Gasteiger partial charge in [-0.15, -0.1) is 13.2 Å². The highest BCUT2D eigenvalue weighted by Crippen LogP contribution is 2.29. The van der Waals surface area contributed by atoms with Crippen LogP contribution in [0.25, 0.3) is 0 Å². The van der Waals surface area contributed by atoms with Crippen LogP contribution in [0.2, 0.25) is 0 Å². The summed E-state index contributed by atoms with van der Waals surface area (Å²) in [6.45, 7) is 0. The van der Waals surface area contributed by atoms with Gasteiger partial charge in [0.1, 0.15) is 17.5 Å². The smallest absolute Gasteiger partial charge is 0.496 e. The number of alkyl halides is 3. The summed E-state index contributed by atoms with van der Waals surface area (Å²) >= 11 is 0.